The van der Waals surface area contributed by atoms with E-state index in [0.29, 0.717) is 6.61 Å². The molecule has 1 heterocycles. The number of carbonyl (C=O) groups excluding carboxylic acids is 1. The lowest BCUT2D eigenvalue weighted by molar-refractivity contribution is -0.111. The molecule has 0 fully saturated rings. The Balaban J connectivity index is 2.09. The zero-order valence-electron chi connectivity index (χ0n) is 6.16. The number of aldehydes is 1. The van der Waals surface area contributed by atoms with E-state index in [1.807, 2.05) is 11.4 Å². The second-order valence-corrected chi connectivity index (χ2v) is 3.10. The number of hydrogen-bond acceptors (Lipinski definition) is 3. The number of thiophene rings is 1. The van der Waals surface area contributed by atoms with E-state index < -0.39 is 0 Å². The summed E-state index contributed by atoms with van der Waals surface area (Å²) in [6.07, 6.45) is 1.68. The molecule has 0 aromatic carbocycles. The quantitative estimate of drug-likeness (QED) is 0.494. The van der Waals surface area contributed by atoms with Crippen molar-refractivity contribution in [2.45, 2.75) is 6.42 Å². The lowest BCUT2D eigenvalue weighted by Gasteiger charge is -1.96. The van der Waals surface area contributed by atoms with Crippen LogP contribution in [0.3, 0.4) is 0 Å². The molecule has 3 heteroatoms. The third-order valence-corrected chi connectivity index (χ3v) is 2.19. The smallest absolute Gasteiger partial charge is 0.145 e. The Labute approximate surface area is 69.8 Å². The van der Waals surface area contributed by atoms with Crippen molar-refractivity contribution in [3.8, 4) is 0 Å². The molecule has 0 atom stereocenters. The summed E-state index contributed by atoms with van der Waals surface area (Å²) in [7, 11) is 0. The average Bonchev–Trinajstić information content (AvgIpc) is 2.50. The van der Waals surface area contributed by atoms with Gasteiger partial charge in [0, 0.05) is 11.3 Å². The molecule has 2 nitrogen and oxygen atoms in total. The molecular formula is C8H10O2S. The first-order valence-corrected chi connectivity index (χ1v) is 4.35. The van der Waals surface area contributed by atoms with Crippen molar-refractivity contribution in [1.29, 1.82) is 0 Å². The van der Waals surface area contributed by atoms with Crippen LogP contribution < -0.4 is 0 Å². The fraction of sp³-hybridized carbons (Fsp3) is 0.375. The molecule has 0 spiro atoms. The van der Waals surface area contributed by atoms with Crippen molar-refractivity contribution in [2.75, 3.05) is 13.2 Å². The predicted octanol–water partition coefficient (Wildman–Crippen LogP) is 1.51. The normalized spacial score (nSPS) is 9.82. The molecule has 1 aromatic rings. The second kappa shape index (κ2) is 5.04. The van der Waals surface area contributed by atoms with Crippen LogP contribution in [-0.4, -0.2) is 19.5 Å². The molecule has 0 aliphatic carbocycles. The van der Waals surface area contributed by atoms with Crippen LogP contribution >= 0.6 is 11.3 Å². The van der Waals surface area contributed by atoms with Gasteiger partial charge in [0.05, 0.1) is 6.61 Å². The molecule has 0 aliphatic rings. The number of ether oxygens (including phenoxy) is 1. The molecule has 60 valence electrons. The minimum atomic E-state index is 0.214. The molecule has 11 heavy (non-hydrogen) atoms. The van der Waals surface area contributed by atoms with Gasteiger partial charge in [-0.1, -0.05) is 6.07 Å². The molecule has 0 aliphatic heterocycles. The second-order valence-electron chi connectivity index (χ2n) is 2.07. The molecule has 0 amide bonds. The summed E-state index contributed by atoms with van der Waals surface area (Å²) in [4.78, 5) is 11.1. The van der Waals surface area contributed by atoms with Crippen LogP contribution in [0.2, 0.25) is 0 Å². The van der Waals surface area contributed by atoms with Crippen LogP contribution in [0.5, 0.6) is 0 Å². The minimum Gasteiger partial charge on any atom is -0.374 e. The lowest BCUT2D eigenvalue weighted by atomic mass is 10.4. The van der Waals surface area contributed by atoms with E-state index in [0.717, 1.165) is 12.7 Å². The molecular weight excluding hydrogens is 160 g/mol. The molecule has 0 bridgehead atoms. The molecule has 0 N–H and O–H groups in total. The topological polar surface area (TPSA) is 26.3 Å². The highest BCUT2D eigenvalue weighted by Gasteiger charge is 1.92. The first kappa shape index (κ1) is 8.43. The number of hydrogen-bond donors (Lipinski definition) is 0. The van der Waals surface area contributed by atoms with Crippen molar-refractivity contribution in [3.63, 3.8) is 0 Å². The van der Waals surface area contributed by atoms with Gasteiger partial charge in [-0.25, -0.2) is 0 Å². The van der Waals surface area contributed by atoms with Gasteiger partial charge in [0.25, 0.3) is 0 Å². The Morgan fingerprint density at radius 2 is 2.55 bits per heavy atom. The van der Waals surface area contributed by atoms with Gasteiger partial charge >= 0.3 is 0 Å². The Bertz CT molecular complexity index is 194. The third kappa shape index (κ3) is 3.30. The zero-order chi connectivity index (χ0) is 7.94. The van der Waals surface area contributed by atoms with Gasteiger partial charge in [0.15, 0.2) is 0 Å². The first-order chi connectivity index (χ1) is 5.43. The van der Waals surface area contributed by atoms with Gasteiger partial charge in [-0.2, -0.15) is 0 Å². The van der Waals surface area contributed by atoms with Gasteiger partial charge in [-0.3, -0.25) is 0 Å². The Kier molecular flexibility index (Phi) is 3.86. The van der Waals surface area contributed by atoms with Crippen molar-refractivity contribution in [1.82, 2.24) is 0 Å². The summed E-state index contributed by atoms with van der Waals surface area (Å²) in [5.41, 5.74) is 0. The summed E-state index contributed by atoms with van der Waals surface area (Å²) in [6, 6.07) is 4.08. The maximum atomic E-state index is 9.84. The largest absolute Gasteiger partial charge is 0.374 e. The summed E-state index contributed by atoms with van der Waals surface area (Å²) >= 11 is 1.71. The SMILES string of the molecule is O=CCOCCc1cccs1. The zero-order valence-corrected chi connectivity index (χ0v) is 6.97. The highest BCUT2D eigenvalue weighted by atomic mass is 32.1. The van der Waals surface area contributed by atoms with Gasteiger partial charge in [-0.15, -0.1) is 11.3 Å². The first-order valence-electron chi connectivity index (χ1n) is 3.47. The van der Waals surface area contributed by atoms with Crippen LogP contribution in [0.25, 0.3) is 0 Å². The van der Waals surface area contributed by atoms with Crippen LogP contribution in [-0.2, 0) is 16.0 Å². The highest BCUT2D eigenvalue weighted by Crippen LogP contribution is 2.08. The van der Waals surface area contributed by atoms with E-state index in [9.17, 15) is 4.79 Å². The van der Waals surface area contributed by atoms with E-state index in [2.05, 4.69) is 6.07 Å². The van der Waals surface area contributed by atoms with Crippen LogP contribution in [0.4, 0.5) is 0 Å². The van der Waals surface area contributed by atoms with Crippen LogP contribution in [0.1, 0.15) is 4.88 Å². The molecule has 1 rings (SSSR count). The standard InChI is InChI=1S/C8H10O2S/c9-4-6-10-5-3-8-2-1-7-11-8/h1-2,4,7H,3,5-6H2. The number of rotatable bonds is 5. The molecule has 0 radical (unpaired) electrons. The van der Waals surface area contributed by atoms with Gasteiger partial charge in [0.2, 0.25) is 0 Å². The summed E-state index contributed by atoms with van der Waals surface area (Å²) < 4.78 is 4.99. The van der Waals surface area contributed by atoms with E-state index in [1.54, 1.807) is 11.3 Å². The van der Waals surface area contributed by atoms with Crippen molar-refractivity contribution in [2.24, 2.45) is 0 Å². The Morgan fingerprint density at radius 1 is 1.64 bits per heavy atom. The highest BCUT2D eigenvalue weighted by molar-refractivity contribution is 7.09. The van der Waals surface area contributed by atoms with Crippen molar-refractivity contribution in [3.05, 3.63) is 22.4 Å². The summed E-state index contributed by atoms with van der Waals surface area (Å²) in [5, 5.41) is 2.04. The van der Waals surface area contributed by atoms with Gasteiger partial charge in [-0.05, 0) is 11.4 Å². The molecule has 1 aromatic heterocycles. The van der Waals surface area contributed by atoms with Crippen molar-refractivity contribution < 1.29 is 9.53 Å². The van der Waals surface area contributed by atoms with Gasteiger partial charge in [0.1, 0.15) is 12.9 Å². The fourth-order valence-electron chi connectivity index (χ4n) is 0.759. The molecule has 0 saturated carbocycles. The summed E-state index contributed by atoms with van der Waals surface area (Å²) in [5.74, 6) is 0. The number of carbonyl (C=O) groups is 1. The molecule has 0 unspecified atom stereocenters. The maximum Gasteiger partial charge on any atom is 0.145 e. The van der Waals surface area contributed by atoms with Crippen LogP contribution in [0, 0.1) is 0 Å². The third-order valence-electron chi connectivity index (χ3n) is 1.26. The van der Waals surface area contributed by atoms with Crippen LogP contribution in [0.15, 0.2) is 17.5 Å². The molecule has 0 saturated heterocycles. The van der Waals surface area contributed by atoms with E-state index in [1.165, 1.54) is 4.88 Å². The van der Waals surface area contributed by atoms with E-state index >= 15 is 0 Å². The minimum absolute atomic E-state index is 0.214. The summed E-state index contributed by atoms with van der Waals surface area (Å²) in [6.45, 7) is 0.852. The predicted molar refractivity (Wildman–Crippen MR) is 44.9 cm³/mol. The van der Waals surface area contributed by atoms with E-state index in [-0.39, 0.29) is 6.61 Å². The van der Waals surface area contributed by atoms with Crippen molar-refractivity contribution >= 4 is 17.6 Å². The Hall–Kier alpha value is -0.670. The lowest BCUT2D eigenvalue weighted by Crippen LogP contribution is -1.99. The van der Waals surface area contributed by atoms with Gasteiger partial charge < -0.3 is 9.53 Å². The Morgan fingerprint density at radius 3 is 3.18 bits per heavy atom. The average molecular weight is 170 g/mol. The monoisotopic (exact) mass is 170 g/mol. The van der Waals surface area contributed by atoms with E-state index in [4.69, 9.17) is 4.74 Å². The maximum absolute atomic E-state index is 9.84. The fourth-order valence-corrected chi connectivity index (χ4v) is 1.45.